The minimum Gasteiger partial charge on any atom is -0.322 e. The summed E-state index contributed by atoms with van der Waals surface area (Å²) >= 11 is 0. The quantitative estimate of drug-likeness (QED) is 0.620. The van der Waals surface area contributed by atoms with Gasteiger partial charge in [-0.2, -0.15) is 4.80 Å². The number of halogens is 1. The van der Waals surface area contributed by atoms with E-state index in [9.17, 15) is 9.18 Å². The molecule has 1 N–H and O–H groups in total. The fraction of sp³-hybridized carbons (Fsp3) is 0. The predicted molar refractivity (Wildman–Crippen MR) is 93.2 cm³/mol. The first-order valence-electron chi connectivity index (χ1n) is 7.68. The molecule has 122 valence electrons. The number of hydrogen-bond donors (Lipinski definition) is 1. The summed E-state index contributed by atoms with van der Waals surface area (Å²) in [4.78, 5) is 13.8. The summed E-state index contributed by atoms with van der Waals surface area (Å²) in [6.07, 6.45) is 0. The van der Waals surface area contributed by atoms with Crippen molar-refractivity contribution >= 4 is 22.6 Å². The molecule has 25 heavy (non-hydrogen) atoms. The van der Waals surface area contributed by atoms with Gasteiger partial charge in [0.15, 0.2) is 0 Å². The molecule has 1 heterocycles. The Hall–Kier alpha value is -3.54. The van der Waals surface area contributed by atoms with Crippen molar-refractivity contribution in [2.24, 2.45) is 0 Å². The number of carbonyl (C=O) groups excluding carboxylic acids is 1. The molecule has 0 radical (unpaired) electrons. The van der Waals surface area contributed by atoms with Gasteiger partial charge in [0, 0.05) is 11.3 Å². The van der Waals surface area contributed by atoms with Gasteiger partial charge >= 0.3 is 0 Å². The average molecular weight is 332 g/mol. The van der Waals surface area contributed by atoms with Crippen LogP contribution in [-0.2, 0) is 0 Å². The standard InChI is InChI=1S/C19H13FN4O/c20-14-8-6-13(7-9-14)19(25)21-15-10-11-17-18(12-15)23-24(22-17)16-4-2-1-3-5-16/h1-12H,(H,21,25). The number of nitrogens with one attached hydrogen (secondary N) is 1. The van der Waals surface area contributed by atoms with Crippen molar-refractivity contribution in [3.05, 3.63) is 84.2 Å². The second-order valence-corrected chi connectivity index (χ2v) is 5.49. The van der Waals surface area contributed by atoms with Gasteiger partial charge in [0.05, 0.1) is 5.69 Å². The summed E-state index contributed by atoms with van der Waals surface area (Å²) in [6.45, 7) is 0. The predicted octanol–water partition coefficient (Wildman–Crippen LogP) is 3.81. The maximum absolute atomic E-state index is 12.9. The number of para-hydroxylation sites is 1. The Bertz CT molecular complexity index is 1040. The second-order valence-electron chi connectivity index (χ2n) is 5.49. The van der Waals surface area contributed by atoms with Crippen molar-refractivity contribution < 1.29 is 9.18 Å². The van der Waals surface area contributed by atoms with Crippen LogP contribution < -0.4 is 5.32 Å². The van der Waals surface area contributed by atoms with E-state index in [0.29, 0.717) is 16.8 Å². The van der Waals surface area contributed by atoms with Crippen LogP contribution in [0.3, 0.4) is 0 Å². The fourth-order valence-electron chi connectivity index (χ4n) is 2.47. The van der Waals surface area contributed by atoms with Gasteiger partial charge in [-0.1, -0.05) is 18.2 Å². The molecule has 0 atom stereocenters. The van der Waals surface area contributed by atoms with Gasteiger partial charge in [-0.05, 0) is 54.6 Å². The molecule has 0 fully saturated rings. The summed E-state index contributed by atoms with van der Waals surface area (Å²) in [5.74, 6) is -0.690. The normalized spacial score (nSPS) is 10.8. The Kier molecular flexibility index (Phi) is 3.70. The zero-order valence-electron chi connectivity index (χ0n) is 13.1. The third-order valence-corrected chi connectivity index (χ3v) is 3.73. The van der Waals surface area contributed by atoms with Crippen LogP contribution in [0.2, 0.25) is 0 Å². The van der Waals surface area contributed by atoms with Crippen LogP contribution >= 0.6 is 0 Å². The van der Waals surface area contributed by atoms with Crippen molar-refractivity contribution in [2.75, 3.05) is 5.32 Å². The van der Waals surface area contributed by atoms with Gasteiger partial charge < -0.3 is 5.32 Å². The molecule has 4 aromatic rings. The summed E-state index contributed by atoms with van der Waals surface area (Å²) in [7, 11) is 0. The zero-order valence-corrected chi connectivity index (χ0v) is 13.1. The number of anilines is 1. The van der Waals surface area contributed by atoms with E-state index in [0.717, 1.165) is 11.2 Å². The lowest BCUT2D eigenvalue weighted by Crippen LogP contribution is -2.11. The lowest BCUT2D eigenvalue weighted by molar-refractivity contribution is 0.102. The van der Waals surface area contributed by atoms with Crippen LogP contribution in [0.5, 0.6) is 0 Å². The number of nitrogens with zero attached hydrogens (tertiary/aromatic N) is 3. The molecule has 4 rings (SSSR count). The highest BCUT2D eigenvalue weighted by molar-refractivity contribution is 6.04. The van der Waals surface area contributed by atoms with Gasteiger partial charge in [0.1, 0.15) is 16.9 Å². The van der Waals surface area contributed by atoms with Gasteiger partial charge in [0.25, 0.3) is 5.91 Å². The highest BCUT2D eigenvalue weighted by Gasteiger charge is 2.09. The summed E-state index contributed by atoms with van der Waals surface area (Å²) in [5.41, 5.74) is 3.23. The molecule has 0 aliphatic rings. The molecule has 0 saturated heterocycles. The smallest absolute Gasteiger partial charge is 0.255 e. The van der Waals surface area contributed by atoms with Crippen LogP contribution in [0.4, 0.5) is 10.1 Å². The molecule has 1 aromatic heterocycles. The highest BCUT2D eigenvalue weighted by atomic mass is 19.1. The molecule has 0 saturated carbocycles. The summed E-state index contributed by atoms with van der Waals surface area (Å²) < 4.78 is 12.9. The van der Waals surface area contributed by atoms with E-state index >= 15 is 0 Å². The van der Waals surface area contributed by atoms with Crippen LogP contribution in [0.15, 0.2) is 72.8 Å². The second kappa shape index (κ2) is 6.16. The topological polar surface area (TPSA) is 59.8 Å². The molecular weight excluding hydrogens is 319 g/mol. The van der Waals surface area contributed by atoms with Crippen LogP contribution in [-0.4, -0.2) is 20.9 Å². The van der Waals surface area contributed by atoms with Gasteiger partial charge in [-0.25, -0.2) is 4.39 Å². The van der Waals surface area contributed by atoms with Crippen LogP contribution in [0.25, 0.3) is 16.7 Å². The lowest BCUT2D eigenvalue weighted by Gasteiger charge is -2.04. The first kappa shape index (κ1) is 15.0. The van der Waals surface area contributed by atoms with Gasteiger partial charge in [-0.15, -0.1) is 10.2 Å². The maximum atomic E-state index is 12.9. The van der Waals surface area contributed by atoms with Gasteiger partial charge in [0.2, 0.25) is 0 Å². The number of aromatic nitrogens is 3. The van der Waals surface area contributed by atoms with E-state index in [4.69, 9.17) is 0 Å². The lowest BCUT2D eigenvalue weighted by atomic mass is 10.2. The Labute approximate surface area is 142 Å². The molecular formula is C19H13FN4O. The molecule has 0 aliphatic heterocycles. The third kappa shape index (κ3) is 3.10. The maximum Gasteiger partial charge on any atom is 0.255 e. The van der Waals surface area contributed by atoms with E-state index < -0.39 is 0 Å². The molecule has 0 aliphatic carbocycles. The number of carbonyl (C=O) groups is 1. The van der Waals surface area contributed by atoms with Crippen molar-refractivity contribution in [3.63, 3.8) is 0 Å². The molecule has 3 aromatic carbocycles. The van der Waals surface area contributed by atoms with E-state index in [1.807, 2.05) is 30.3 Å². The minimum atomic E-state index is -0.379. The summed E-state index contributed by atoms with van der Waals surface area (Å²) in [5, 5.41) is 11.6. The van der Waals surface area contributed by atoms with Crippen LogP contribution in [0.1, 0.15) is 10.4 Å². The number of amides is 1. The zero-order chi connectivity index (χ0) is 17.2. The molecule has 0 bridgehead atoms. The summed E-state index contributed by atoms with van der Waals surface area (Å²) in [6, 6.07) is 20.3. The number of benzene rings is 3. The van der Waals surface area contributed by atoms with E-state index in [2.05, 4.69) is 15.5 Å². The fourth-order valence-corrected chi connectivity index (χ4v) is 2.47. The third-order valence-electron chi connectivity index (χ3n) is 3.73. The molecule has 1 amide bonds. The minimum absolute atomic E-state index is 0.310. The first-order chi connectivity index (χ1) is 12.2. The Morgan fingerprint density at radius 3 is 2.36 bits per heavy atom. The number of rotatable bonds is 3. The number of fused-ring (bicyclic) bond motifs is 1. The first-order valence-corrected chi connectivity index (χ1v) is 7.68. The van der Waals surface area contributed by atoms with Crippen molar-refractivity contribution in [2.45, 2.75) is 0 Å². The van der Waals surface area contributed by atoms with Crippen molar-refractivity contribution in [3.8, 4) is 5.69 Å². The van der Waals surface area contributed by atoms with Crippen molar-refractivity contribution in [1.82, 2.24) is 15.0 Å². The molecule has 6 heteroatoms. The van der Waals surface area contributed by atoms with E-state index in [-0.39, 0.29) is 11.7 Å². The van der Waals surface area contributed by atoms with E-state index in [1.165, 1.54) is 24.3 Å². The Morgan fingerprint density at radius 2 is 1.60 bits per heavy atom. The van der Waals surface area contributed by atoms with E-state index in [1.54, 1.807) is 23.0 Å². The average Bonchev–Trinajstić information content (AvgIpc) is 3.06. The SMILES string of the molecule is O=C(Nc1ccc2nn(-c3ccccc3)nc2c1)c1ccc(F)cc1. The molecule has 5 nitrogen and oxygen atoms in total. The Balaban J connectivity index is 1.61. The Morgan fingerprint density at radius 1 is 0.880 bits per heavy atom. The monoisotopic (exact) mass is 332 g/mol. The van der Waals surface area contributed by atoms with Gasteiger partial charge in [-0.3, -0.25) is 4.79 Å². The molecule has 0 spiro atoms. The van der Waals surface area contributed by atoms with Crippen LogP contribution in [0, 0.1) is 5.82 Å². The number of hydrogen-bond acceptors (Lipinski definition) is 3. The van der Waals surface area contributed by atoms with Crippen molar-refractivity contribution in [1.29, 1.82) is 0 Å². The highest BCUT2D eigenvalue weighted by Crippen LogP contribution is 2.18. The molecule has 0 unspecified atom stereocenters. The largest absolute Gasteiger partial charge is 0.322 e.